The summed E-state index contributed by atoms with van der Waals surface area (Å²) < 4.78 is 0. The van der Waals surface area contributed by atoms with Crippen LogP contribution in [0, 0.1) is 0 Å². The quantitative estimate of drug-likeness (QED) is 0.387. The highest BCUT2D eigenvalue weighted by Gasteiger charge is 2.21. The Labute approximate surface area is 142 Å². The van der Waals surface area contributed by atoms with Crippen LogP contribution in [0.4, 0.5) is 9.59 Å². The molecule has 0 heterocycles. The van der Waals surface area contributed by atoms with Crippen molar-refractivity contribution in [2.75, 3.05) is 5.75 Å². The van der Waals surface area contributed by atoms with Crippen LogP contribution in [0.15, 0.2) is 10.2 Å². The van der Waals surface area contributed by atoms with Gasteiger partial charge in [0.2, 0.25) is 0 Å². The molecule has 1 aliphatic rings. The van der Waals surface area contributed by atoms with Gasteiger partial charge in [0.25, 0.3) is 5.24 Å². The average Bonchev–Trinajstić information content (AvgIpc) is 2.52. The van der Waals surface area contributed by atoms with Gasteiger partial charge in [0.1, 0.15) is 5.66 Å². The number of thioether (sulfide) groups is 1. The molecule has 0 saturated heterocycles. The SMILES string of the molecule is CCCCSC(=O)NNC(=O)NC(C)(C)N=NC1CCCCC1. The number of amides is 3. The number of carbonyl (C=O) groups excluding carboxylic acids is 2. The van der Waals surface area contributed by atoms with Gasteiger partial charge in [-0.15, -0.1) is 0 Å². The fourth-order valence-electron chi connectivity index (χ4n) is 2.21. The highest BCUT2D eigenvalue weighted by Crippen LogP contribution is 2.21. The standard InChI is InChI=1S/C15H29N5O2S/c1-4-5-11-23-14(22)19-18-13(21)16-15(2,3)20-17-12-9-7-6-8-10-12/h12H,4-11H2,1-3H3,(H,19,22)(H2,16,18,21). The van der Waals surface area contributed by atoms with Crippen LogP contribution in [0.1, 0.15) is 65.7 Å². The number of hydrogen-bond donors (Lipinski definition) is 3. The summed E-state index contributed by atoms with van der Waals surface area (Å²) in [6.07, 6.45) is 7.80. The summed E-state index contributed by atoms with van der Waals surface area (Å²) in [5.74, 6) is 0.743. The third-order valence-corrected chi connectivity index (χ3v) is 4.33. The lowest BCUT2D eigenvalue weighted by atomic mass is 9.96. The van der Waals surface area contributed by atoms with Crippen LogP contribution in [-0.2, 0) is 0 Å². The molecule has 3 amide bonds. The minimum Gasteiger partial charge on any atom is -0.311 e. The summed E-state index contributed by atoms with van der Waals surface area (Å²) in [6.45, 7) is 5.61. The van der Waals surface area contributed by atoms with Crippen LogP contribution in [0.2, 0.25) is 0 Å². The molecule has 3 N–H and O–H groups in total. The van der Waals surface area contributed by atoms with E-state index in [4.69, 9.17) is 0 Å². The third kappa shape index (κ3) is 9.43. The van der Waals surface area contributed by atoms with Crippen molar-refractivity contribution < 1.29 is 9.59 Å². The van der Waals surface area contributed by atoms with Gasteiger partial charge in [0.15, 0.2) is 0 Å². The van der Waals surface area contributed by atoms with Crippen molar-refractivity contribution in [2.24, 2.45) is 10.2 Å². The van der Waals surface area contributed by atoms with Crippen molar-refractivity contribution in [3.8, 4) is 0 Å². The van der Waals surface area contributed by atoms with Crippen LogP contribution in [-0.4, -0.2) is 28.7 Å². The van der Waals surface area contributed by atoms with Crippen LogP contribution in [0.5, 0.6) is 0 Å². The van der Waals surface area contributed by atoms with Gasteiger partial charge in [-0.05, 0) is 33.1 Å². The van der Waals surface area contributed by atoms with Crippen molar-refractivity contribution >= 4 is 23.0 Å². The smallest absolute Gasteiger partial charge is 0.311 e. The van der Waals surface area contributed by atoms with E-state index in [9.17, 15) is 9.59 Å². The van der Waals surface area contributed by atoms with Crippen LogP contribution in [0.3, 0.4) is 0 Å². The number of urea groups is 1. The molecular weight excluding hydrogens is 314 g/mol. The normalized spacial score (nSPS) is 16.3. The van der Waals surface area contributed by atoms with Crippen molar-refractivity contribution in [3.05, 3.63) is 0 Å². The monoisotopic (exact) mass is 343 g/mol. The van der Waals surface area contributed by atoms with E-state index in [1.54, 1.807) is 13.8 Å². The highest BCUT2D eigenvalue weighted by atomic mass is 32.2. The second-order valence-electron chi connectivity index (χ2n) is 6.26. The fourth-order valence-corrected chi connectivity index (χ4v) is 2.95. The van der Waals surface area contributed by atoms with Crippen LogP contribution >= 0.6 is 11.8 Å². The maximum absolute atomic E-state index is 11.8. The van der Waals surface area contributed by atoms with E-state index < -0.39 is 11.7 Å². The Kier molecular flexibility index (Phi) is 8.98. The second kappa shape index (κ2) is 10.5. The Hall–Kier alpha value is -1.31. The number of nitrogens with one attached hydrogen (secondary N) is 3. The first kappa shape index (κ1) is 19.7. The first-order valence-electron chi connectivity index (χ1n) is 8.36. The molecule has 0 aromatic rings. The summed E-state index contributed by atoms with van der Waals surface area (Å²) in [5, 5.41) is 11.0. The summed E-state index contributed by atoms with van der Waals surface area (Å²) in [5.41, 5.74) is 3.89. The van der Waals surface area contributed by atoms with Gasteiger partial charge in [0.05, 0.1) is 6.04 Å². The maximum Gasteiger partial charge on any atom is 0.335 e. The van der Waals surface area contributed by atoms with Gasteiger partial charge in [-0.25, -0.2) is 10.2 Å². The lowest BCUT2D eigenvalue weighted by Gasteiger charge is -2.23. The number of hydrogen-bond acceptors (Lipinski definition) is 5. The van der Waals surface area contributed by atoms with E-state index >= 15 is 0 Å². The molecule has 1 saturated carbocycles. The molecule has 1 fully saturated rings. The van der Waals surface area contributed by atoms with E-state index in [0.29, 0.717) is 0 Å². The molecule has 0 aromatic carbocycles. The molecule has 0 spiro atoms. The van der Waals surface area contributed by atoms with Gasteiger partial charge in [0, 0.05) is 5.75 Å². The predicted octanol–water partition coefficient (Wildman–Crippen LogP) is 3.96. The summed E-state index contributed by atoms with van der Waals surface area (Å²) in [6, 6.07) is -0.232. The number of hydrazine groups is 1. The zero-order valence-electron chi connectivity index (χ0n) is 14.4. The summed E-state index contributed by atoms with van der Waals surface area (Å²) in [7, 11) is 0. The highest BCUT2D eigenvalue weighted by molar-refractivity contribution is 8.13. The van der Waals surface area contributed by atoms with Gasteiger partial charge in [-0.3, -0.25) is 10.2 Å². The Bertz CT molecular complexity index is 409. The van der Waals surface area contributed by atoms with E-state index in [1.165, 1.54) is 19.3 Å². The van der Waals surface area contributed by atoms with Gasteiger partial charge < -0.3 is 5.32 Å². The lowest BCUT2D eigenvalue weighted by Crippen LogP contribution is -2.52. The van der Waals surface area contributed by atoms with Crippen molar-refractivity contribution in [2.45, 2.75) is 77.4 Å². The molecule has 132 valence electrons. The second-order valence-corrected chi connectivity index (χ2v) is 7.33. The Balaban J connectivity index is 2.27. The van der Waals surface area contributed by atoms with E-state index in [0.717, 1.165) is 43.2 Å². The summed E-state index contributed by atoms with van der Waals surface area (Å²) in [4.78, 5) is 23.3. The molecular formula is C15H29N5O2S. The molecule has 0 unspecified atom stereocenters. The van der Waals surface area contributed by atoms with Gasteiger partial charge >= 0.3 is 6.03 Å². The fraction of sp³-hybridized carbons (Fsp3) is 0.867. The number of azo groups is 1. The molecule has 0 bridgehead atoms. The minimum atomic E-state index is -0.804. The number of unbranched alkanes of at least 4 members (excludes halogenated alkanes) is 1. The summed E-state index contributed by atoms with van der Waals surface area (Å²) >= 11 is 1.16. The first-order chi connectivity index (χ1) is 10.9. The minimum absolute atomic E-state index is 0.266. The van der Waals surface area contributed by atoms with E-state index in [2.05, 4.69) is 33.3 Å². The van der Waals surface area contributed by atoms with Gasteiger partial charge in [-0.2, -0.15) is 10.2 Å². The van der Waals surface area contributed by atoms with Crippen LogP contribution < -0.4 is 16.2 Å². The van der Waals surface area contributed by atoms with Crippen molar-refractivity contribution in [3.63, 3.8) is 0 Å². The topological polar surface area (TPSA) is 95.0 Å². The van der Waals surface area contributed by atoms with Crippen LogP contribution in [0.25, 0.3) is 0 Å². The zero-order valence-corrected chi connectivity index (χ0v) is 15.2. The average molecular weight is 343 g/mol. The molecule has 8 heteroatoms. The third-order valence-electron chi connectivity index (χ3n) is 3.47. The zero-order chi connectivity index (χ0) is 17.1. The maximum atomic E-state index is 11.8. The van der Waals surface area contributed by atoms with E-state index in [-0.39, 0.29) is 11.3 Å². The Morgan fingerprint density at radius 2 is 1.87 bits per heavy atom. The number of rotatable bonds is 6. The number of carbonyl (C=O) groups is 2. The molecule has 0 atom stereocenters. The van der Waals surface area contributed by atoms with Crippen molar-refractivity contribution in [1.29, 1.82) is 0 Å². The largest absolute Gasteiger partial charge is 0.335 e. The Morgan fingerprint density at radius 3 is 2.52 bits per heavy atom. The molecule has 0 radical (unpaired) electrons. The van der Waals surface area contributed by atoms with Crippen molar-refractivity contribution in [1.82, 2.24) is 16.2 Å². The van der Waals surface area contributed by atoms with Gasteiger partial charge in [-0.1, -0.05) is 44.4 Å². The molecule has 1 aliphatic carbocycles. The molecule has 7 nitrogen and oxygen atoms in total. The molecule has 0 aliphatic heterocycles. The van der Waals surface area contributed by atoms with E-state index in [1.807, 2.05) is 0 Å². The first-order valence-corrected chi connectivity index (χ1v) is 9.34. The molecule has 0 aromatic heterocycles. The molecule has 23 heavy (non-hydrogen) atoms. The lowest BCUT2D eigenvalue weighted by molar-refractivity contribution is 0.222. The Morgan fingerprint density at radius 1 is 1.17 bits per heavy atom. The predicted molar refractivity (Wildman–Crippen MR) is 93.4 cm³/mol. The number of nitrogens with zero attached hydrogens (tertiary/aromatic N) is 2. The molecule has 1 rings (SSSR count).